The fraction of sp³-hybridized carbons (Fsp3) is 0.0870. The van der Waals surface area contributed by atoms with E-state index in [0.717, 1.165) is 11.3 Å². The highest BCUT2D eigenvalue weighted by molar-refractivity contribution is 7.20. The zero-order valence-corrected chi connectivity index (χ0v) is 18.7. The van der Waals surface area contributed by atoms with E-state index in [9.17, 15) is 24.8 Å². The third kappa shape index (κ3) is 4.50. The minimum absolute atomic E-state index is 0.0530. The van der Waals surface area contributed by atoms with Gasteiger partial charge in [0.1, 0.15) is 27.0 Å². The average Bonchev–Trinajstić information content (AvgIpc) is 3.15. The van der Waals surface area contributed by atoms with Gasteiger partial charge in [0.25, 0.3) is 5.56 Å². The van der Waals surface area contributed by atoms with Crippen molar-refractivity contribution < 1.29 is 24.3 Å². The Bertz CT molecular complexity index is 1500. The van der Waals surface area contributed by atoms with Gasteiger partial charge >= 0.3 is 11.7 Å². The lowest BCUT2D eigenvalue weighted by Gasteiger charge is -2.08. The number of aryl methyl sites for hydroxylation is 1. The number of nitro groups is 1. The normalized spacial score (nSPS) is 11.1. The third-order valence-corrected chi connectivity index (χ3v) is 6.09. The maximum atomic E-state index is 12.4. The van der Waals surface area contributed by atoms with Crippen molar-refractivity contribution >= 4 is 45.4 Å². The van der Waals surface area contributed by atoms with Crippen LogP contribution in [0.15, 0.2) is 47.3 Å². The van der Waals surface area contributed by atoms with Gasteiger partial charge in [-0.25, -0.2) is 9.78 Å². The van der Waals surface area contributed by atoms with Gasteiger partial charge < -0.3 is 19.6 Å². The number of ether oxygens (including phenoxy) is 2. The Labute approximate surface area is 195 Å². The van der Waals surface area contributed by atoms with Crippen LogP contribution in [0, 0.1) is 17.0 Å². The smallest absolute Gasteiger partial charge is 0.346 e. The summed E-state index contributed by atoms with van der Waals surface area (Å²) < 4.78 is 10.7. The van der Waals surface area contributed by atoms with E-state index in [1.807, 2.05) is 0 Å². The molecule has 0 bridgehead atoms. The molecule has 0 atom stereocenters. The highest BCUT2D eigenvalue weighted by Gasteiger charge is 2.19. The van der Waals surface area contributed by atoms with Gasteiger partial charge in [0.05, 0.1) is 17.4 Å². The van der Waals surface area contributed by atoms with Crippen LogP contribution in [0.25, 0.3) is 22.4 Å². The second-order valence-corrected chi connectivity index (χ2v) is 8.09. The summed E-state index contributed by atoms with van der Waals surface area (Å²) in [5.74, 6) is 0.173. The topological polar surface area (TPSA) is 145 Å². The summed E-state index contributed by atoms with van der Waals surface area (Å²) in [6.07, 6.45) is 3.03. The van der Waals surface area contributed by atoms with Crippen LogP contribution < -0.4 is 15.0 Å². The number of aromatic nitrogens is 2. The first-order valence-corrected chi connectivity index (χ1v) is 10.6. The summed E-state index contributed by atoms with van der Waals surface area (Å²) in [6.45, 7) is 1.56. The standard InChI is InChI=1S/C23H17N3O7S/c1-12-19-21(27)24-18(25-22(19)34-20(12)23(28)29)10-4-13-3-9-17(16(11-13)26(30)31)33-15-7-5-14(32-2)6-8-15/h3-11H,1-2H3,(H,28,29)(H,24,25,27)/b10-4+. The van der Waals surface area contributed by atoms with Crippen LogP contribution >= 0.6 is 11.3 Å². The molecule has 2 aromatic carbocycles. The fourth-order valence-corrected chi connectivity index (χ4v) is 4.28. The monoisotopic (exact) mass is 479 g/mol. The van der Waals surface area contributed by atoms with Crippen molar-refractivity contribution in [2.45, 2.75) is 6.92 Å². The first-order chi connectivity index (χ1) is 16.3. The lowest BCUT2D eigenvalue weighted by molar-refractivity contribution is -0.385. The Kier molecular flexibility index (Phi) is 6.11. The minimum Gasteiger partial charge on any atom is -0.497 e. The molecule has 0 aliphatic rings. The molecule has 172 valence electrons. The van der Waals surface area contributed by atoms with Gasteiger partial charge in [-0.1, -0.05) is 12.1 Å². The van der Waals surface area contributed by atoms with E-state index < -0.39 is 16.5 Å². The largest absolute Gasteiger partial charge is 0.497 e. The number of aromatic carboxylic acids is 1. The molecule has 0 unspecified atom stereocenters. The van der Waals surface area contributed by atoms with E-state index in [0.29, 0.717) is 27.5 Å². The molecule has 0 aliphatic carbocycles. The number of carbonyl (C=O) groups is 1. The zero-order valence-electron chi connectivity index (χ0n) is 17.9. The first-order valence-electron chi connectivity index (χ1n) is 9.82. The number of benzene rings is 2. The molecule has 34 heavy (non-hydrogen) atoms. The predicted octanol–water partition coefficient (Wildman–Crippen LogP) is 4.87. The maximum absolute atomic E-state index is 12.4. The molecule has 4 aromatic rings. The Hall–Kier alpha value is -4.51. The number of thiophene rings is 1. The van der Waals surface area contributed by atoms with Crippen LogP contribution in [0.3, 0.4) is 0 Å². The molecule has 0 saturated heterocycles. The third-order valence-electron chi connectivity index (χ3n) is 4.91. The molecule has 0 aliphatic heterocycles. The number of H-pyrrole nitrogens is 1. The zero-order chi connectivity index (χ0) is 24.4. The Morgan fingerprint density at radius 3 is 2.53 bits per heavy atom. The first kappa shape index (κ1) is 22.7. The summed E-state index contributed by atoms with van der Waals surface area (Å²) in [4.78, 5) is 42.1. The molecule has 4 rings (SSSR count). The van der Waals surface area contributed by atoms with Crippen molar-refractivity contribution in [3.05, 3.63) is 84.8 Å². The quantitative estimate of drug-likeness (QED) is 0.282. The van der Waals surface area contributed by atoms with Gasteiger partial charge in [-0.3, -0.25) is 14.9 Å². The van der Waals surface area contributed by atoms with Crippen molar-refractivity contribution in [1.29, 1.82) is 0 Å². The summed E-state index contributed by atoms with van der Waals surface area (Å²) in [5.41, 5.74) is 0.139. The van der Waals surface area contributed by atoms with Crippen molar-refractivity contribution in [2.24, 2.45) is 0 Å². The lowest BCUT2D eigenvalue weighted by Crippen LogP contribution is -2.09. The summed E-state index contributed by atoms with van der Waals surface area (Å²) in [7, 11) is 1.53. The molecule has 2 aromatic heterocycles. The molecule has 2 N–H and O–H groups in total. The van der Waals surface area contributed by atoms with Crippen molar-refractivity contribution in [3.63, 3.8) is 0 Å². The van der Waals surface area contributed by atoms with Gasteiger partial charge in [-0.2, -0.15) is 0 Å². The Balaban J connectivity index is 1.63. The van der Waals surface area contributed by atoms with Crippen molar-refractivity contribution in [2.75, 3.05) is 7.11 Å². The SMILES string of the molecule is COc1ccc(Oc2ccc(/C=C/c3nc4sc(C(=O)O)c(C)c4c(=O)[nH]3)cc2[N+](=O)[O-])cc1. The van der Waals surface area contributed by atoms with E-state index in [2.05, 4.69) is 9.97 Å². The molecule has 10 nitrogen and oxygen atoms in total. The molecule has 0 spiro atoms. The summed E-state index contributed by atoms with van der Waals surface area (Å²) >= 11 is 0.915. The summed E-state index contributed by atoms with van der Waals surface area (Å²) in [5, 5.41) is 21.1. The molecule has 0 amide bonds. The number of carboxylic acids is 1. The van der Waals surface area contributed by atoms with Gasteiger partial charge in [-0.15, -0.1) is 11.3 Å². The second kappa shape index (κ2) is 9.16. The highest BCUT2D eigenvalue weighted by atomic mass is 32.1. The van der Waals surface area contributed by atoms with E-state index in [1.54, 1.807) is 43.3 Å². The number of hydrogen-bond acceptors (Lipinski definition) is 8. The second-order valence-electron chi connectivity index (χ2n) is 7.09. The fourth-order valence-electron chi connectivity index (χ4n) is 3.26. The predicted molar refractivity (Wildman–Crippen MR) is 127 cm³/mol. The average molecular weight is 479 g/mol. The van der Waals surface area contributed by atoms with E-state index in [-0.39, 0.29) is 27.5 Å². The number of rotatable bonds is 7. The number of hydrogen-bond donors (Lipinski definition) is 2. The van der Waals surface area contributed by atoms with E-state index in [1.165, 1.54) is 25.3 Å². The number of carboxylic acid groups (broad SMARTS) is 1. The van der Waals surface area contributed by atoms with Crippen LogP contribution in [0.2, 0.25) is 0 Å². The van der Waals surface area contributed by atoms with Gasteiger partial charge in [0.15, 0.2) is 0 Å². The number of nitro benzene ring substituents is 1. The number of fused-ring (bicyclic) bond motifs is 1. The van der Waals surface area contributed by atoms with Crippen molar-refractivity contribution in [1.82, 2.24) is 9.97 Å². The van der Waals surface area contributed by atoms with Crippen LogP contribution in [-0.2, 0) is 0 Å². The molecule has 2 heterocycles. The Morgan fingerprint density at radius 1 is 1.18 bits per heavy atom. The van der Waals surface area contributed by atoms with E-state index in [4.69, 9.17) is 9.47 Å². The lowest BCUT2D eigenvalue weighted by atomic mass is 10.1. The van der Waals surface area contributed by atoms with Crippen molar-refractivity contribution in [3.8, 4) is 17.2 Å². The molecule has 0 saturated carbocycles. The van der Waals surface area contributed by atoms with Crippen LogP contribution in [0.4, 0.5) is 5.69 Å². The number of nitrogens with one attached hydrogen (secondary N) is 1. The molecule has 0 radical (unpaired) electrons. The molecular weight excluding hydrogens is 462 g/mol. The number of aromatic amines is 1. The number of nitrogens with zero attached hydrogens (tertiary/aromatic N) is 2. The molecule has 0 fully saturated rings. The molecule has 11 heteroatoms. The molecular formula is C23H17N3O7S. The van der Waals surface area contributed by atoms with E-state index >= 15 is 0 Å². The van der Waals surface area contributed by atoms with Gasteiger partial charge in [0.2, 0.25) is 5.75 Å². The van der Waals surface area contributed by atoms with Gasteiger partial charge in [-0.05, 0) is 54.5 Å². The van der Waals surface area contributed by atoms with Crippen LogP contribution in [-0.4, -0.2) is 33.1 Å². The minimum atomic E-state index is -1.12. The summed E-state index contributed by atoms with van der Waals surface area (Å²) in [6, 6.07) is 11.1. The number of methoxy groups -OCH3 is 1. The Morgan fingerprint density at radius 2 is 1.88 bits per heavy atom. The van der Waals surface area contributed by atoms with Gasteiger partial charge in [0, 0.05) is 6.07 Å². The van der Waals surface area contributed by atoms with Crippen LogP contribution in [0.1, 0.15) is 26.6 Å². The van der Waals surface area contributed by atoms with Crippen LogP contribution in [0.5, 0.6) is 17.2 Å². The highest BCUT2D eigenvalue weighted by Crippen LogP contribution is 2.33. The maximum Gasteiger partial charge on any atom is 0.346 e.